The van der Waals surface area contributed by atoms with Crippen molar-refractivity contribution in [3.05, 3.63) is 18.0 Å². The van der Waals surface area contributed by atoms with Gasteiger partial charge in [0.15, 0.2) is 0 Å². The third-order valence-electron chi connectivity index (χ3n) is 3.62. The molecule has 1 fully saturated rings. The molecule has 92 valence electrons. The highest BCUT2D eigenvalue weighted by Crippen LogP contribution is 2.28. The minimum Gasteiger partial charge on any atom is -0.285 e. The van der Waals surface area contributed by atoms with Crippen LogP contribution in [0, 0.1) is 11.3 Å². The molecular weight excluding hydrogens is 212 g/mol. The SMILES string of the molecule is CC(C#N)N(C)Cc1ccn(C2CCCC2)n1. The Morgan fingerprint density at radius 2 is 2.29 bits per heavy atom. The van der Waals surface area contributed by atoms with Gasteiger partial charge in [0.25, 0.3) is 0 Å². The average Bonchev–Trinajstić information content (AvgIpc) is 2.97. The van der Waals surface area contributed by atoms with Crippen LogP contribution in [0.1, 0.15) is 44.3 Å². The zero-order valence-electron chi connectivity index (χ0n) is 10.6. The summed E-state index contributed by atoms with van der Waals surface area (Å²) in [4.78, 5) is 2.02. The topological polar surface area (TPSA) is 44.9 Å². The lowest BCUT2D eigenvalue weighted by atomic mass is 10.3. The van der Waals surface area contributed by atoms with Crippen LogP contribution in [0.5, 0.6) is 0 Å². The third kappa shape index (κ3) is 2.86. The fraction of sp³-hybridized carbons (Fsp3) is 0.692. The van der Waals surface area contributed by atoms with Crippen LogP contribution in [0.3, 0.4) is 0 Å². The Morgan fingerprint density at radius 1 is 1.59 bits per heavy atom. The highest BCUT2D eigenvalue weighted by Gasteiger charge is 2.18. The van der Waals surface area contributed by atoms with Gasteiger partial charge in [-0.3, -0.25) is 9.58 Å². The molecule has 0 saturated heterocycles. The molecule has 0 N–H and O–H groups in total. The Labute approximate surface area is 103 Å². The van der Waals surface area contributed by atoms with Crippen LogP contribution < -0.4 is 0 Å². The maximum Gasteiger partial charge on any atom is 0.0950 e. The first-order valence-electron chi connectivity index (χ1n) is 6.34. The first kappa shape index (κ1) is 12.1. The third-order valence-corrected chi connectivity index (χ3v) is 3.62. The van der Waals surface area contributed by atoms with E-state index >= 15 is 0 Å². The Hall–Kier alpha value is -1.34. The monoisotopic (exact) mass is 232 g/mol. The van der Waals surface area contributed by atoms with Crippen LogP contribution in [0.2, 0.25) is 0 Å². The molecule has 1 unspecified atom stereocenters. The van der Waals surface area contributed by atoms with E-state index in [0.717, 1.165) is 12.2 Å². The lowest BCUT2D eigenvalue weighted by molar-refractivity contribution is 0.288. The summed E-state index contributed by atoms with van der Waals surface area (Å²) in [6, 6.07) is 4.84. The fourth-order valence-electron chi connectivity index (χ4n) is 2.32. The van der Waals surface area contributed by atoms with E-state index in [4.69, 9.17) is 5.26 Å². The molecule has 0 bridgehead atoms. The number of aromatic nitrogens is 2. The highest BCUT2D eigenvalue weighted by molar-refractivity contribution is 5.01. The van der Waals surface area contributed by atoms with Gasteiger partial charge in [-0.1, -0.05) is 12.8 Å². The molecule has 1 aliphatic rings. The van der Waals surface area contributed by atoms with E-state index in [1.54, 1.807) is 0 Å². The van der Waals surface area contributed by atoms with E-state index in [-0.39, 0.29) is 6.04 Å². The van der Waals surface area contributed by atoms with Crippen molar-refractivity contribution in [2.75, 3.05) is 7.05 Å². The normalized spacial score (nSPS) is 18.5. The lowest BCUT2D eigenvalue weighted by Crippen LogP contribution is -2.27. The standard InChI is InChI=1S/C13H20N4/c1-11(9-14)16(2)10-12-7-8-17(15-12)13-5-3-4-6-13/h7-8,11,13H,3-6,10H2,1-2H3. The molecule has 17 heavy (non-hydrogen) atoms. The number of nitrogens with zero attached hydrogens (tertiary/aromatic N) is 4. The van der Waals surface area contributed by atoms with Crippen molar-refractivity contribution < 1.29 is 0 Å². The molecule has 1 aromatic rings. The van der Waals surface area contributed by atoms with E-state index in [9.17, 15) is 0 Å². The molecule has 1 saturated carbocycles. The summed E-state index contributed by atoms with van der Waals surface area (Å²) in [5.74, 6) is 0. The predicted molar refractivity (Wildman–Crippen MR) is 66.3 cm³/mol. The Balaban J connectivity index is 1.96. The van der Waals surface area contributed by atoms with Crippen LogP contribution >= 0.6 is 0 Å². The van der Waals surface area contributed by atoms with Crippen molar-refractivity contribution >= 4 is 0 Å². The second-order valence-corrected chi connectivity index (χ2v) is 4.95. The molecule has 1 atom stereocenters. The lowest BCUT2D eigenvalue weighted by Gasteiger charge is -2.17. The number of rotatable bonds is 4. The molecule has 4 heteroatoms. The van der Waals surface area contributed by atoms with Crippen molar-refractivity contribution in [1.82, 2.24) is 14.7 Å². The zero-order chi connectivity index (χ0) is 12.3. The maximum atomic E-state index is 8.84. The van der Waals surface area contributed by atoms with Crippen molar-refractivity contribution in [3.63, 3.8) is 0 Å². The second kappa shape index (κ2) is 5.33. The van der Waals surface area contributed by atoms with E-state index < -0.39 is 0 Å². The van der Waals surface area contributed by atoms with Crippen LogP contribution in [-0.2, 0) is 6.54 Å². The summed E-state index contributed by atoms with van der Waals surface area (Å²) in [5.41, 5.74) is 1.06. The van der Waals surface area contributed by atoms with E-state index in [1.807, 2.05) is 18.9 Å². The summed E-state index contributed by atoms with van der Waals surface area (Å²) in [6.07, 6.45) is 7.24. The fourth-order valence-corrected chi connectivity index (χ4v) is 2.32. The first-order chi connectivity index (χ1) is 8.20. The van der Waals surface area contributed by atoms with Crippen LogP contribution in [-0.4, -0.2) is 27.8 Å². The minimum atomic E-state index is -0.0633. The van der Waals surface area contributed by atoms with Crippen LogP contribution in [0.15, 0.2) is 12.3 Å². The minimum absolute atomic E-state index is 0.0633. The van der Waals surface area contributed by atoms with Crippen molar-refractivity contribution in [3.8, 4) is 6.07 Å². The number of nitriles is 1. The van der Waals surface area contributed by atoms with Gasteiger partial charge >= 0.3 is 0 Å². The maximum absolute atomic E-state index is 8.84. The summed E-state index contributed by atoms with van der Waals surface area (Å²) in [5, 5.41) is 13.5. The summed E-state index contributed by atoms with van der Waals surface area (Å²) < 4.78 is 2.10. The molecule has 0 aliphatic heterocycles. The predicted octanol–water partition coefficient (Wildman–Crippen LogP) is 2.34. The molecule has 0 aromatic carbocycles. The van der Waals surface area contributed by atoms with E-state index in [0.29, 0.717) is 6.04 Å². The smallest absolute Gasteiger partial charge is 0.0950 e. The Bertz CT molecular complexity index is 398. The molecule has 1 heterocycles. The molecule has 1 aromatic heterocycles. The van der Waals surface area contributed by atoms with E-state index in [2.05, 4.69) is 28.1 Å². The van der Waals surface area contributed by atoms with Crippen molar-refractivity contribution in [2.45, 2.75) is 51.2 Å². The van der Waals surface area contributed by atoms with Gasteiger partial charge in [0, 0.05) is 12.7 Å². The molecule has 1 aliphatic carbocycles. The number of hydrogen-bond acceptors (Lipinski definition) is 3. The average molecular weight is 232 g/mol. The van der Waals surface area contributed by atoms with E-state index in [1.165, 1.54) is 25.7 Å². The van der Waals surface area contributed by atoms with Gasteiger partial charge in [-0.15, -0.1) is 0 Å². The van der Waals surface area contributed by atoms with Gasteiger partial charge in [-0.2, -0.15) is 10.4 Å². The number of hydrogen-bond donors (Lipinski definition) is 0. The molecule has 0 spiro atoms. The van der Waals surface area contributed by atoms with Gasteiger partial charge in [-0.25, -0.2) is 0 Å². The molecular formula is C13H20N4. The largest absolute Gasteiger partial charge is 0.285 e. The molecule has 0 radical (unpaired) electrons. The molecule has 2 rings (SSSR count). The van der Waals surface area contributed by atoms with Gasteiger partial charge in [-0.05, 0) is 32.9 Å². The summed E-state index contributed by atoms with van der Waals surface area (Å²) in [6.45, 7) is 2.66. The van der Waals surface area contributed by atoms with Crippen LogP contribution in [0.25, 0.3) is 0 Å². The Morgan fingerprint density at radius 3 is 2.94 bits per heavy atom. The summed E-state index contributed by atoms with van der Waals surface area (Å²) >= 11 is 0. The van der Waals surface area contributed by atoms with Crippen molar-refractivity contribution in [2.24, 2.45) is 0 Å². The first-order valence-corrected chi connectivity index (χ1v) is 6.34. The van der Waals surface area contributed by atoms with Crippen molar-refractivity contribution in [1.29, 1.82) is 5.26 Å². The molecule has 0 amide bonds. The van der Waals surface area contributed by atoms with Gasteiger partial charge in [0.1, 0.15) is 0 Å². The summed E-state index contributed by atoms with van der Waals surface area (Å²) in [7, 11) is 1.96. The molecule has 4 nitrogen and oxygen atoms in total. The Kier molecular flexibility index (Phi) is 3.80. The van der Waals surface area contributed by atoms with Gasteiger partial charge in [0.2, 0.25) is 0 Å². The van der Waals surface area contributed by atoms with Crippen LogP contribution in [0.4, 0.5) is 0 Å². The zero-order valence-corrected chi connectivity index (χ0v) is 10.6. The van der Waals surface area contributed by atoms with Gasteiger partial charge in [0.05, 0.1) is 23.8 Å². The highest BCUT2D eigenvalue weighted by atomic mass is 15.3. The second-order valence-electron chi connectivity index (χ2n) is 4.95. The van der Waals surface area contributed by atoms with Gasteiger partial charge < -0.3 is 0 Å². The quantitative estimate of drug-likeness (QED) is 0.800.